The highest BCUT2D eigenvalue weighted by atomic mass is 127. The zero-order valence-electron chi connectivity index (χ0n) is 16.6. The summed E-state index contributed by atoms with van der Waals surface area (Å²) in [5.41, 5.74) is 0.831. The summed E-state index contributed by atoms with van der Waals surface area (Å²) in [4.78, 5) is 8.94. The van der Waals surface area contributed by atoms with Gasteiger partial charge < -0.3 is 24.5 Å². The van der Waals surface area contributed by atoms with Gasteiger partial charge >= 0.3 is 0 Å². The van der Waals surface area contributed by atoms with E-state index >= 15 is 0 Å². The lowest BCUT2D eigenvalue weighted by molar-refractivity contribution is 0.311. The van der Waals surface area contributed by atoms with Crippen molar-refractivity contribution in [2.24, 2.45) is 4.99 Å². The van der Waals surface area contributed by atoms with Crippen molar-refractivity contribution in [2.45, 2.75) is 20.4 Å². The molecule has 0 aliphatic carbocycles. The zero-order chi connectivity index (χ0) is 19.8. The summed E-state index contributed by atoms with van der Waals surface area (Å²) < 4.78 is 16.2. The lowest BCUT2D eigenvalue weighted by Crippen LogP contribution is -2.30. The Bertz CT molecular complexity index is 911. The molecular weight excluding hydrogens is 487 g/mol. The molecular formula is C19H25IN6O3. The van der Waals surface area contributed by atoms with Crippen molar-refractivity contribution in [3.8, 4) is 23.1 Å². The van der Waals surface area contributed by atoms with Gasteiger partial charge in [-0.15, -0.1) is 29.1 Å². The maximum absolute atomic E-state index is 5.62. The van der Waals surface area contributed by atoms with E-state index in [0.717, 1.165) is 5.69 Å². The van der Waals surface area contributed by atoms with E-state index in [1.165, 1.54) is 0 Å². The van der Waals surface area contributed by atoms with E-state index < -0.39 is 0 Å². The molecule has 0 bridgehead atoms. The van der Waals surface area contributed by atoms with Crippen LogP contribution >= 0.6 is 24.0 Å². The molecule has 0 saturated heterocycles. The van der Waals surface area contributed by atoms with Crippen LogP contribution in [0, 0.1) is 0 Å². The van der Waals surface area contributed by atoms with Gasteiger partial charge in [-0.2, -0.15) is 0 Å². The van der Waals surface area contributed by atoms with Crippen molar-refractivity contribution in [1.82, 2.24) is 20.5 Å². The van der Waals surface area contributed by atoms with Crippen LogP contribution in [-0.4, -0.2) is 41.4 Å². The average Bonchev–Trinajstić information content (AvgIpc) is 3.38. The van der Waals surface area contributed by atoms with Crippen LogP contribution in [0.4, 0.5) is 5.69 Å². The van der Waals surface area contributed by atoms with Crippen LogP contribution in [-0.2, 0) is 6.54 Å². The molecule has 0 unspecified atom stereocenters. The van der Waals surface area contributed by atoms with E-state index in [0.29, 0.717) is 54.6 Å². The average molecular weight is 512 g/mol. The number of H-pyrrole nitrogens is 1. The molecule has 1 aromatic carbocycles. The summed E-state index contributed by atoms with van der Waals surface area (Å²) in [5, 5.41) is 13.5. The smallest absolute Gasteiger partial charge is 0.216 e. The number of nitrogens with one attached hydrogen (secondary N) is 3. The third kappa shape index (κ3) is 6.11. The fourth-order valence-electron chi connectivity index (χ4n) is 2.50. The van der Waals surface area contributed by atoms with Gasteiger partial charge in [0.25, 0.3) is 0 Å². The van der Waals surface area contributed by atoms with Gasteiger partial charge in [-0.1, -0.05) is 0 Å². The summed E-state index contributed by atoms with van der Waals surface area (Å²) in [6.07, 6.45) is 1.59. The van der Waals surface area contributed by atoms with Crippen LogP contribution in [0.1, 0.15) is 19.7 Å². The molecule has 0 fully saturated rings. The van der Waals surface area contributed by atoms with E-state index in [9.17, 15) is 0 Å². The fraction of sp³-hybridized carbons (Fsp3) is 0.316. The summed E-state index contributed by atoms with van der Waals surface area (Å²) in [6.45, 7) is 5.53. The second kappa shape index (κ2) is 11.3. The number of hydrogen-bond acceptors (Lipinski definition) is 6. The Morgan fingerprint density at radius 2 is 2.10 bits per heavy atom. The van der Waals surface area contributed by atoms with Gasteiger partial charge in [0, 0.05) is 18.3 Å². The van der Waals surface area contributed by atoms with Crippen molar-refractivity contribution < 1.29 is 13.9 Å². The lowest BCUT2D eigenvalue weighted by Gasteiger charge is -2.14. The van der Waals surface area contributed by atoms with Crippen LogP contribution < -0.4 is 20.1 Å². The molecule has 9 nitrogen and oxygen atoms in total. The van der Waals surface area contributed by atoms with Gasteiger partial charge in [-0.3, -0.25) is 5.10 Å². The largest absolute Gasteiger partial charge is 0.493 e. The van der Waals surface area contributed by atoms with Crippen LogP contribution in [0.25, 0.3) is 11.6 Å². The normalized spacial score (nSPS) is 10.9. The first-order chi connectivity index (χ1) is 13.7. The highest BCUT2D eigenvalue weighted by molar-refractivity contribution is 14.0. The first-order valence-electron chi connectivity index (χ1n) is 9.04. The summed E-state index contributed by atoms with van der Waals surface area (Å²) in [5.74, 6) is 3.72. The van der Waals surface area contributed by atoms with E-state index in [-0.39, 0.29) is 24.0 Å². The Hall–Kier alpha value is -2.76. The van der Waals surface area contributed by atoms with Crippen LogP contribution in [0.15, 0.2) is 46.0 Å². The second-order valence-electron chi connectivity index (χ2n) is 5.70. The highest BCUT2D eigenvalue weighted by Crippen LogP contribution is 2.30. The summed E-state index contributed by atoms with van der Waals surface area (Å²) in [6, 6.07) is 9.23. The Kier molecular flexibility index (Phi) is 8.77. The van der Waals surface area contributed by atoms with Gasteiger partial charge in [0.2, 0.25) is 5.82 Å². The van der Waals surface area contributed by atoms with E-state index in [1.807, 2.05) is 38.1 Å². The Morgan fingerprint density at radius 1 is 1.24 bits per heavy atom. The number of nitrogens with zero attached hydrogens (tertiary/aromatic N) is 3. The molecule has 0 aliphatic rings. The van der Waals surface area contributed by atoms with Crippen molar-refractivity contribution in [3.05, 3.63) is 42.4 Å². The zero-order valence-corrected chi connectivity index (χ0v) is 18.9. The number of furan rings is 1. The molecule has 3 aromatic rings. The molecule has 2 heterocycles. The van der Waals surface area contributed by atoms with Gasteiger partial charge in [0.1, 0.15) is 12.4 Å². The minimum atomic E-state index is 0. The highest BCUT2D eigenvalue weighted by Gasteiger charge is 2.09. The molecule has 0 amide bonds. The Labute approximate surface area is 186 Å². The van der Waals surface area contributed by atoms with E-state index in [2.05, 4.69) is 30.8 Å². The molecule has 0 atom stereocenters. The molecule has 2 aromatic heterocycles. The molecule has 3 rings (SSSR count). The number of aliphatic imine (C=N–C) groups is 1. The molecule has 29 heavy (non-hydrogen) atoms. The number of hydrogen-bond donors (Lipinski definition) is 3. The maximum Gasteiger partial charge on any atom is 0.216 e. The Morgan fingerprint density at radius 3 is 2.79 bits per heavy atom. The van der Waals surface area contributed by atoms with Crippen molar-refractivity contribution in [3.63, 3.8) is 0 Å². The predicted molar refractivity (Wildman–Crippen MR) is 122 cm³/mol. The second-order valence-corrected chi connectivity index (χ2v) is 5.70. The number of methoxy groups -OCH3 is 1. The maximum atomic E-state index is 5.62. The molecule has 0 radical (unpaired) electrons. The minimum absolute atomic E-state index is 0. The summed E-state index contributed by atoms with van der Waals surface area (Å²) >= 11 is 0. The molecule has 0 spiro atoms. The Balaban J connectivity index is 0.00000300. The molecule has 156 valence electrons. The quantitative estimate of drug-likeness (QED) is 0.240. The first-order valence-corrected chi connectivity index (χ1v) is 9.04. The number of anilines is 1. The third-order valence-electron chi connectivity index (χ3n) is 3.73. The number of guanidine groups is 1. The topological polar surface area (TPSA) is 110 Å². The van der Waals surface area contributed by atoms with E-state index in [4.69, 9.17) is 13.9 Å². The summed E-state index contributed by atoms with van der Waals surface area (Å²) in [7, 11) is 1.62. The standard InChI is InChI=1S/C19H24N6O3.HI/c1-4-20-19(22-13-8-9-14(26-3)16(11-13)27-5-2)21-12-17-23-18(25-24-17)15-7-6-10-28-15;/h6-11H,4-5,12H2,1-3H3,(H2,20,21,22)(H,23,24,25);1H. The van der Waals surface area contributed by atoms with Gasteiger partial charge in [0.05, 0.1) is 20.0 Å². The van der Waals surface area contributed by atoms with Crippen molar-refractivity contribution >= 4 is 35.6 Å². The van der Waals surface area contributed by atoms with Crippen LogP contribution in [0.3, 0.4) is 0 Å². The molecule has 3 N–H and O–H groups in total. The number of halogens is 1. The number of rotatable bonds is 8. The van der Waals surface area contributed by atoms with E-state index in [1.54, 1.807) is 19.4 Å². The molecule has 10 heteroatoms. The van der Waals surface area contributed by atoms with Crippen molar-refractivity contribution in [1.29, 1.82) is 0 Å². The fourth-order valence-corrected chi connectivity index (χ4v) is 2.50. The molecule has 0 saturated carbocycles. The van der Waals surface area contributed by atoms with Gasteiger partial charge in [-0.05, 0) is 38.1 Å². The number of aromatic nitrogens is 3. The van der Waals surface area contributed by atoms with Crippen molar-refractivity contribution in [2.75, 3.05) is 25.6 Å². The number of benzene rings is 1. The molecule has 0 aliphatic heterocycles. The number of ether oxygens (including phenoxy) is 2. The van der Waals surface area contributed by atoms with Gasteiger partial charge in [-0.25, -0.2) is 9.98 Å². The SMILES string of the molecule is CCNC(=NCc1nc(-c2ccco2)n[nH]1)Nc1ccc(OC)c(OCC)c1.I. The predicted octanol–water partition coefficient (Wildman–Crippen LogP) is 3.67. The van der Waals surface area contributed by atoms with Crippen LogP contribution in [0.5, 0.6) is 11.5 Å². The first kappa shape index (κ1) is 22.5. The minimum Gasteiger partial charge on any atom is -0.493 e. The third-order valence-corrected chi connectivity index (χ3v) is 3.73. The van der Waals surface area contributed by atoms with Gasteiger partial charge in [0.15, 0.2) is 23.2 Å². The number of aromatic amines is 1. The van der Waals surface area contributed by atoms with Crippen LogP contribution in [0.2, 0.25) is 0 Å². The monoisotopic (exact) mass is 512 g/mol. The lowest BCUT2D eigenvalue weighted by atomic mass is 10.2.